The third kappa shape index (κ3) is 3.63. The van der Waals surface area contributed by atoms with E-state index < -0.39 is 0 Å². The molecule has 0 aromatic heterocycles. The van der Waals surface area contributed by atoms with Gasteiger partial charge in [0.15, 0.2) is 0 Å². The van der Waals surface area contributed by atoms with E-state index in [4.69, 9.17) is 18.0 Å². The van der Waals surface area contributed by atoms with Crippen LogP contribution in [0.3, 0.4) is 0 Å². The van der Waals surface area contributed by atoms with E-state index in [1.165, 1.54) is 16.8 Å². The smallest absolute Gasteiger partial charge is 0.104 e. The fourth-order valence-electron chi connectivity index (χ4n) is 2.31. The predicted octanol–water partition coefficient (Wildman–Crippen LogP) is 4.95. The maximum atomic E-state index is 5.67. The highest BCUT2D eigenvalue weighted by Gasteiger charge is 2.09. The van der Waals surface area contributed by atoms with Gasteiger partial charge in [0.05, 0.1) is 5.69 Å². The zero-order chi connectivity index (χ0) is 15.4. The van der Waals surface area contributed by atoms with Crippen molar-refractivity contribution in [3.63, 3.8) is 0 Å². The lowest BCUT2D eigenvalue weighted by Gasteiger charge is -2.17. The van der Waals surface area contributed by atoms with Gasteiger partial charge in [0, 0.05) is 15.7 Å². The molecule has 0 bridgehead atoms. The van der Waals surface area contributed by atoms with Crippen LogP contribution in [0.1, 0.15) is 30.5 Å². The summed E-state index contributed by atoms with van der Waals surface area (Å²) in [6, 6.07) is 12.3. The van der Waals surface area contributed by atoms with Crippen molar-refractivity contribution in [2.75, 3.05) is 5.32 Å². The fourth-order valence-corrected chi connectivity index (χ4v) is 2.91. The Morgan fingerprint density at radius 2 is 1.76 bits per heavy atom. The van der Waals surface area contributed by atoms with Crippen LogP contribution in [0.2, 0.25) is 0 Å². The molecule has 0 saturated carbocycles. The van der Waals surface area contributed by atoms with E-state index in [9.17, 15) is 0 Å². The lowest BCUT2D eigenvalue weighted by Crippen LogP contribution is -2.09. The first-order valence-electron chi connectivity index (χ1n) is 7.04. The van der Waals surface area contributed by atoms with Crippen LogP contribution in [-0.4, -0.2) is 4.99 Å². The van der Waals surface area contributed by atoms with Gasteiger partial charge >= 0.3 is 0 Å². The molecule has 3 N–H and O–H groups in total. The Morgan fingerprint density at radius 1 is 1.14 bits per heavy atom. The van der Waals surface area contributed by atoms with Crippen molar-refractivity contribution < 1.29 is 0 Å². The summed E-state index contributed by atoms with van der Waals surface area (Å²) >= 11 is 8.60. The zero-order valence-electron chi connectivity index (χ0n) is 12.2. The van der Waals surface area contributed by atoms with Gasteiger partial charge in [0.25, 0.3) is 0 Å². The number of benzene rings is 2. The number of nitrogens with one attached hydrogen (secondary N) is 1. The highest BCUT2D eigenvalue weighted by atomic mass is 79.9. The highest BCUT2D eigenvalue weighted by molar-refractivity contribution is 9.10. The summed E-state index contributed by atoms with van der Waals surface area (Å²) in [5.41, 5.74) is 11.4. The maximum Gasteiger partial charge on any atom is 0.104 e. The summed E-state index contributed by atoms with van der Waals surface area (Å²) in [5, 5.41) is 3.55. The zero-order valence-corrected chi connectivity index (χ0v) is 14.6. The van der Waals surface area contributed by atoms with E-state index in [-0.39, 0.29) is 0 Å². The van der Waals surface area contributed by atoms with Gasteiger partial charge in [-0.3, -0.25) is 0 Å². The number of rotatable bonds is 5. The van der Waals surface area contributed by atoms with Gasteiger partial charge in [-0.2, -0.15) is 0 Å². The van der Waals surface area contributed by atoms with Gasteiger partial charge in [0.1, 0.15) is 4.99 Å². The summed E-state index contributed by atoms with van der Waals surface area (Å²) in [4.78, 5) is 0.408. The third-order valence-electron chi connectivity index (χ3n) is 3.51. The van der Waals surface area contributed by atoms with Crippen molar-refractivity contribution in [3.8, 4) is 0 Å². The van der Waals surface area contributed by atoms with Crippen LogP contribution < -0.4 is 11.1 Å². The molecule has 110 valence electrons. The summed E-state index contributed by atoms with van der Waals surface area (Å²) in [6.45, 7) is 4.34. The molecule has 2 nitrogen and oxygen atoms in total. The molecule has 0 fully saturated rings. The van der Waals surface area contributed by atoms with E-state index in [0.29, 0.717) is 4.99 Å². The SMILES string of the molecule is CCc1cccc(CC)c1Nc1ccc(C(N)=S)cc1Br. The molecule has 2 aromatic carbocycles. The number of nitrogens with two attached hydrogens (primary N) is 1. The molecule has 0 spiro atoms. The van der Waals surface area contributed by atoms with Crippen molar-refractivity contribution in [1.29, 1.82) is 0 Å². The number of aryl methyl sites for hydroxylation is 2. The number of halogens is 1. The van der Waals surface area contributed by atoms with E-state index in [1.807, 2.05) is 18.2 Å². The predicted molar refractivity (Wildman–Crippen MR) is 98.5 cm³/mol. The summed E-state index contributed by atoms with van der Waals surface area (Å²) in [6.07, 6.45) is 2.00. The van der Waals surface area contributed by atoms with Gasteiger partial charge in [-0.05, 0) is 58.1 Å². The molecule has 0 heterocycles. The van der Waals surface area contributed by atoms with Gasteiger partial charge in [-0.15, -0.1) is 0 Å². The molecule has 0 atom stereocenters. The van der Waals surface area contributed by atoms with Gasteiger partial charge in [-0.25, -0.2) is 0 Å². The molecule has 0 unspecified atom stereocenters. The average molecular weight is 363 g/mol. The summed E-state index contributed by atoms with van der Waals surface area (Å²) < 4.78 is 0.959. The van der Waals surface area contributed by atoms with Gasteiger partial charge < -0.3 is 11.1 Å². The Bertz CT molecular complexity index is 646. The minimum Gasteiger partial charge on any atom is -0.389 e. The first-order valence-corrected chi connectivity index (χ1v) is 8.24. The minimum absolute atomic E-state index is 0.408. The molecule has 21 heavy (non-hydrogen) atoms. The fraction of sp³-hybridized carbons (Fsp3) is 0.235. The molecule has 0 amide bonds. The number of hydrogen-bond acceptors (Lipinski definition) is 2. The molecule has 0 aliphatic rings. The van der Waals surface area contributed by atoms with Crippen LogP contribution in [0, 0.1) is 0 Å². The largest absolute Gasteiger partial charge is 0.389 e. The molecular weight excluding hydrogens is 344 g/mol. The van der Waals surface area contributed by atoms with Crippen LogP contribution in [0.15, 0.2) is 40.9 Å². The van der Waals surface area contributed by atoms with Crippen molar-refractivity contribution in [2.24, 2.45) is 5.73 Å². The molecule has 0 saturated heterocycles. The minimum atomic E-state index is 0.408. The molecule has 0 aliphatic heterocycles. The van der Waals surface area contributed by atoms with E-state index >= 15 is 0 Å². The highest BCUT2D eigenvalue weighted by Crippen LogP contribution is 2.31. The Labute approximate surface area is 139 Å². The molecule has 4 heteroatoms. The van der Waals surface area contributed by atoms with E-state index in [0.717, 1.165) is 28.6 Å². The average Bonchev–Trinajstić information content (AvgIpc) is 2.49. The Hall–Kier alpha value is -1.39. The molecule has 0 aliphatic carbocycles. The Kier molecular flexibility index (Phi) is 5.37. The normalized spacial score (nSPS) is 10.4. The first kappa shape index (κ1) is 16.0. The van der Waals surface area contributed by atoms with E-state index in [2.05, 4.69) is 53.3 Å². The van der Waals surface area contributed by atoms with Crippen molar-refractivity contribution in [3.05, 3.63) is 57.6 Å². The van der Waals surface area contributed by atoms with Crippen molar-refractivity contribution in [2.45, 2.75) is 26.7 Å². The lowest BCUT2D eigenvalue weighted by atomic mass is 10.0. The Morgan fingerprint density at radius 3 is 2.24 bits per heavy atom. The first-order chi connectivity index (χ1) is 10.1. The van der Waals surface area contributed by atoms with Gasteiger partial charge in [0.2, 0.25) is 0 Å². The molecule has 0 radical (unpaired) electrons. The van der Waals surface area contributed by atoms with Crippen LogP contribution in [0.5, 0.6) is 0 Å². The summed E-state index contributed by atoms with van der Waals surface area (Å²) in [7, 11) is 0. The third-order valence-corrected chi connectivity index (χ3v) is 4.40. The van der Waals surface area contributed by atoms with Crippen molar-refractivity contribution in [1.82, 2.24) is 0 Å². The standard InChI is InChI=1S/C17H19BrN2S/c1-3-11-6-5-7-12(4-2)16(11)20-15-9-8-13(17(19)21)10-14(15)18/h5-10,20H,3-4H2,1-2H3,(H2,19,21). The van der Waals surface area contributed by atoms with Crippen molar-refractivity contribution >= 4 is 44.5 Å². The number of thiocarbonyl (C=S) groups is 1. The second-order valence-corrected chi connectivity index (χ2v) is 6.14. The second-order valence-electron chi connectivity index (χ2n) is 4.84. The monoisotopic (exact) mass is 362 g/mol. The van der Waals surface area contributed by atoms with Gasteiger partial charge in [-0.1, -0.05) is 44.3 Å². The van der Waals surface area contributed by atoms with Crippen LogP contribution in [0.4, 0.5) is 11.4 Å². The van der Waals surface area contributed by atoms with Crippen LogP contribution in [-0.2, 0) is 12.8 Å². The number of hydrogen-bond donors (Lipinski definition) is 2. The Balaban J connectivity index is 2.40. The lowest BCUT2D eigenvalue weighted by molar-refractivity contribution is 1.09. The van der Waals surface area contributed by atoms with Crippen LogP contribution in [0.25, 0.3) is 0 Å². The molecule has 2 aromatic rings. The second kappa shape index (κ2) is 7.05. The summed E-state index contributed by atoms with van der Waals surface area (Å²) in [5.74, 6) is 0. The number of anilines is 2. The quantitative estimate of drug-likeness (QED) is 0.738. The maximum absolute atomic E-state index is 5.67. The van der Waals surface area contributed by atoms with Crippen LogP contribution >= 0.6 is 28.1 Å². The van der Waals surface area contributed by atoms with E-state index in [1.54, 1.807) is 0 Å². The number of para-hydroxylation sites is 1. The topological polar surface area (TPSA) is 38.0 Å². The molecular formula is C17H19BrN2S. The molecule has 2 rings (SSSR count).